The quantitative estimate of drug-likeness (QED) is 0.853. The Bertz CT molecular complexity index is 798. The number of sulfonamides is 1. The second-order valence-electron chi connectivity index (χ2n) is 6.12. The van der Waals surface area contributed by atoms with Crippen LogP contribution in [-0.4, -0.2) is 43.8 Å². The van der Waals surface area contributed by atoms with Gasteiger partial charge in [-0.1, -0.05) is 29.8 Å². The molecule has 0 aromatic heterocycles. The zero-order chi connectivity index (χ0) is 17.2. The molecular weight excluding hydrogens is 327 g/mol. The first-order chi connectivity index (χ1) is 11.4. The molecule has 0 N–H and O–H groups in total. The van der Waals surface area contributed by atoms with Crippen LogP contribution in [0.25, 0.3) is 0 Å². The zero-order valence-electron chi connectivity index (χ0n) is 13.7. The topological polar surface area (TPSA) is 40.6 Å². The lowest BCUT2D eigenvalue weighted by atomic mass is 10.1. The van der Waals surface area contributed by atoms with Gasteiger partial charge in [0.2, 0.25) is 10.0 Å². The van der Waals surface area contributed by atoms with E-state index in [1.54, 1.807) is 0 Å². The molecule has 1 fully saturated rings. The van der Waals surface area contributed by atoms with Crippen molar-refractivity contribution in [2.75, 3.05) is 26.2 Å². The second kappa shape index (κ2) is 7.01. The van der Waals surface area contributed by atoms with Gasteiger partial charge in [0.15, 0.2) is 0 Å². The Balaban J connectivity index is 1.63. The minimum atomic E-state index is -3.54. The summed E-state index contributed by atoms with van der Waals surface area (Å²) in [5.74, 6) is -0.433. The first-order valence-corrected chi connectivity index (χ1v) is 9.43. The van der Waals surface area contributed by atoms with Gasteiger partial charge in [-0.25, -0.2) is 12.8 Å². The van der Waals surface area contributed by atoms with Gasteiger partial charge in [-0.3, -0.25) is 4.90 Å². The average molecular weight is 348 g/mol. The Kier molecular flexibility index (Phi) is 4.99. The third kappa shape index (κ3) is 3.83. The van der Waals surface area contributed by atoms with E-state index in [1.807, 2.05) is 6.07 Å². The van der Waals surface area contributed by atoms with Crippen molar-refractivity contribution in [1.29, 1.82) is 0 Å². The lowest BCUT2D eigenvalue weighted by molar-refractivity contribution is 0.181. The van der Waals surface area contributed by atoms with Crippen LogP contribution in [-0.2, 0) is 16.6 Å². The number of benzene rings is 2. The number of hydrogen-bond donors (Lipinski definition) is 0. The van der Waals surface area contributed by atoms with Crippen molar-refractivity contribution in [3.05, 3.63) is 65.5 Å². The molecule has 2 aromatic rings. The number of rotatable bonds is 4. The van der Waals surface area contributed by atoms with E-state index in [1.165, 1.54) is 39.7 Å². The maximum Gasteiger partial charge on any atom is 0.243 e. The van der Waals surface area contributed by atoms with Crippen LogP contribution in [0.3, 0.4) is 0 Å². The fourth-order valence-corrected chi connectivity index (χ4v) is 4.37. The van der Waals surface area contributed by atoms with E-state index >= 15 is 0 Å². The molecule has 1 saturated heterocycles. The van der Waals surface area contributed by atoms with Gasteiger partial charge in [-0.15, -0.1) is 0 Å². The molecule has 24 heavy (non-hydrogen) atoms. The first kappa shape index (κ1) is 17.1. The van der Waals surface area contributed by atoms with E-state index in [4.69, 9.17) is 0 Å². The lowest BCUT2D eigenvalue weighted by Gasteiger charge is -2.34. The SMILES string of the molecule is Cc1cccc(CN2CCN(S(=O)(=O)c3ccc(F)cc3)CC2)c1. The minimum absolute atomic E-state index is 0.149. The van der Waals surface area contributed by atoms with Crippen molar-refractivity contribution >= 4 is 10.0 Å². The van der Waals surface area contributed by atoms with E-state index in [0.717, 1.165) is 6.54 Å². The molecule has 0 radical (unpaired) electrons. The third-order valence-electron chi connectivity index (χ3n) is 4.27. The molecule has 0 amide bonds. The standard InChI is InChI=1S/C18H21FN2O2S/c1-15-3-2-4-16(13-15)14-20-9-11-21(12-10-20)24(22,23)18-7-5-17(19)6-8-18/h2-8,13H,9-12,14H2,1H3. The highest BCUT2D eigenvalue weighted by molar-refractivity contribution is 7.89. The van der Waals surface area contributed by atoms with Gasteiger partial charge < -0.3 is 0 Å². The van der Waals surface area contributed by atoms with E-state index in [2.05, 4.69) is 30.0 Å². The minimum Gasteiger partial charge on any atom is -0.296 e. The van der Waals surface area contributed by atoms with Crippen molar-refractivity contribution in [3.63, 3.8) is 0 Å². The maximum absolute atomic E-state index is 13.0. The van der Waals surface area contributed by atoms with Crippen molar-refractivity contribution in [2.45, 2.75) is 18.4 Å². The Labute approximate surface area is 142 Å². The summed E-state index contributed by atoms with van der Waals surface area (Å²) in [5.41, 5.74) is 2.47. The Morgan fingerprint density at radius 1 is 1.00 bits per heavy atom. The summed E-state index contributed by atoms with van der Waals surface area (Å²) < 4.78 is 39.7. The number of piperazine rings is 1. The number of nitrogens with zero attached hydrogens (tertiary/aromatic N) is 2. The average Bonchev–Trinajstić information content (AvgIpc) is 2.56. The second-order valence-corrected chi connectivity index (χ2v) is 8.06. The summed E-state index contributed by atoms with van der Waals surface area (Å²) >= 11 is 0. The molecule has 128 valence electrons. The van der Waals surface area contributed by atoms with Crippen LogP contribution < -0.4 is 0 Å². The van der Waals surface area contributed by atoms with Gasteiger partial charge in [0, 0.05) is 32.7 Å². The van der Waals surface area contributed by atoms with Gasteiger partial charge in [-0.2, -0.15) is 4.31 Å². The van der Waals surface area contributed by atoms with E-state index < -0.39 is 15.8 Å². The molecule has 1 aliphatic rings. The first-order valence-electron chi connectivity index (χ1n) is 7.99. The third-order valence-corrected chi connectivity index (χ3v) is 6.18. The number of aryl methyl sites for hydroxylation is 1. The molecule has 0 atom stereocenters. The maximum atomic E-state index is 13.0. The highest BCUT2D eigenvalue weighted by Crippen LogP contribution is 2.19. The van der Waals surface area contributed by atoms with Crippen LogP contribution in [0.1, 0.15) is 11.1 Å². The molecular formula is C18H21FN2O2S. The summed E-state index contributed by atoms with van der Waals surface area (Å²) in [6, 6.07) is 13.4. The van der Waals surface area contributed by atoms with Gasteiger partial charge in [0.1, 0.15) is 5.82 Å². The molecule has 0 saturated carbocycles. The molecule has 0 aliphatic carbocycles. The molecule has 6 heteroatoms. The normalized spacial score (nSPS) is 17.1. The Hall–Kier alpha value is -1.76. The van der Waals surface area contributed by atoms with Crippen LogP contribution in [0.2, 0.25) is 0 Å². The molecule has 2 aromatic carbocycles. The van der Waals surface area contributed by atoms with Gasteiger partial charge in [-0.05, 0) is 36.8 Å². The number of halogens is 1. The molecule has 1 aliphatic heterocycles. The zero-order valence-corrected chi connectivity index (χ0v) is 14.5. The monoisotopic (exact) mass is 348 g/mol. The Morgan fingerprint density at radius 2 is 1.67 bits per heavy atom. The van der Waals surface area contributed by atoms with Crippen LogP contribution in [0.4, 0.5) is 4.39 Å². The smallest absolute Gasteiger partial charge is 0.243 e. The van der Waals surface area contributed by atoms with Gasteiger partial charge in [0.25, 0.3) is 0 Å². The van der Waals surface area contributed by atoms with E-state index in [0.29, 0.717) is 26.2 Å². The van der Waals surface area contributed by atoms with Crippen LogP contribution in [0, 0.1) is 12.7 Å². The number of hydrogen-bond acceptors (Lipinski definition) is 3. The van der Waals surface area contributed by atoms with E-state index in [9.17, 15) is 12.8 Å². The predicted octanol–water partition coefficient (Wildman–Crippen LogP) is 2.64. The summed E-state index contributed by atoms with van der Waals surface area (Å²) in [7, 11) is -3.54. The fourth-order valence-electron chi connectivity index (χ4n) is 2.95. The summed E-state index contributed by atoms with van der Waals surface area (Å²) in [6.07, 6.45) is 0. The van der Waals surface area contributed by atoms with E-state index in [-0.39, 0.29) is 4.90 Å². The van der Waals surface area contributed by atoms with Crippen molar-refractivity contribution in [3.8, 4) is 0 Å². The van der Waals surface area contributed by atoms with Crippen molar-refractivity contribution in [2.24, 2.45) is 0 Å². The summed E-state index contributed by atoms with van der Waals surface area (Å²) in [4.78, 5) is 2.40. The fraction of sp³-hybridized carbons (Fsp3) is 0.333. The summed E-state index contributed by atoms with van der Waals surface area (Å²) in [6.45, 7) is 5.17. The molecule has 0 unspecified atom stereocenters. The molecule has 4 nitrogen and oxygen atoms in total. The predicted molar refractivity (Wildman–Crippen MR) is 91.6 cm³/mol. The highest BCUT2D eigenvalue weighted by atomic mass is 32.2. The molecule has 0 bridgehead atoms. The Morgan fingerprint density at radius 3 is 2.29 bits per heavy atom. The highest BCUT2D eigenvalue weighted by Gasteiger charge is 2.28. The van der Waals surface area contributed by atoms with Crippen LogP contribution in [0.15, 0.2) is 53.4 Å². The largest absolute Gasteiger partial charge is 0.296 e. The summed E-state index contributed by atoms with van der Waals surface area (Å²) in [5, 5.41) is 0. The van der Waals surface area contributed by atoms with Crippen LogP contribution in [0.5, 0.6) is 0 Å². The van der Waals surface area contributed by atoms with Gasteiger partial charge >= 0.3 is 0 Å². The van der Waals surface area contributed by atoms with Gasteiger partial charge in [0.05, 0.1) is 4.90 Å². The molecule has 1 heterocycles. The van der Waals surface area contributed by atoms with Crippen molar-refractivity contribution in [1.82, 2.24) is 9.21 Å². The lowest BCUT2D eigenvalue weighted by Crippen LogP contribution is -2.48. The molecule has 3 rings (SSSR count). The van der Waals surface area contributed by atoms with Crippen LogP contribution >= 0.6 is 0 Å². The molecule has 0 spiro atoms. The van der Waals surface area contributed by atoms with Crippen molar-refractivity contribution < 1.29 is 12.8 Å².